The van der Waals surface area contributed by atoms with Crippen LogP contribution in [0, 0.1) is 5.92 Å². The van der Waals surface area contributed by atoms with Crippen LogP contribution in [-0.4, -0.2) is 0 Å². The van der Waals surface area contributed by atoms with E-state index >= 15 is 0 Å². The van der Waals surface area contributed by atoms with Crippen LogP contribution < -0.4 is 9.80 Å². The Labute approximate surface area is 472 Å². The van der Waals surface area contributed by atoms with E-state index in [1.54, 1.807) is 0 Å². The Kier molecular flexibility index (Phi) is 13.0. The molecule has 0 saturated heterocycles. The second-order valence-corrected chi connectivity index (χ2v) is 22.3. The fraction of sp³-hybridized carbons (Fsp3) is 0.128. The van der Waals surface area contributed by atoms with Gasteiger partial charge in [-0.2, -0.15) is 0 Å². The normalized spacial score (nSPS) is 16.4. The number of nitrogens with zero attached hydrogens (tertiary/aromatic N) is 2. The van der Waals surface area contributed by atoms with Crippen molar-refractivity contribution < 1.29 is 0 Å². The third-order valence-electron chi connectivity index (χ3n) is 17.8. The summed E-state index contributed by atoms with van der Waals surface area (Å²) in [4.78, 5) is 4.89. The number of allylic oxidation sites excluding steroid dienone is 4. The SMILES string of the molecule is CC1=CC=CC2C1c1ccc(N(c3ccc(-c4ccc(-c5ccc(N(c6ccccc6)c6ccc(C7CCCCC7)cc6)cc5)cc4)cc3)c3ccc4ccccc4c3-c3ccccc3)cc1C2(c1ccccc1)c1ccccc1. The fourth-order valence-corrected chi connectivity index (χ4v) is 14.0. The molecule has 0 spiro atoms. The zero-order chi connectivity index (χ0) is 53.4. The molecule has 0 bridgehead atoms. The van der Waals surface area contributed by atoms with E-state index in [2.05, 4.69) is 308 Å². The van der Waals surface area contributed by atoms with Gasteiger partial charge in [0.2, 0.25) is 0 Å². The minimum atomic E-state index is -0.428. The number of hydrogen-bond donors (Lipinski definition) is 0. The van der Waals surface area contributed by atoms with Crippen LogP contribution >= 0.6 is 0 Å². The van der Waals surface area contributed by atoms with Crippen molar-refractivity contribution in [3.63, 3.8) is 0 Å². The average molecular weight is 1030 g/mol. The van der Waals surface area contributed by atoms with E-state index in [-0.39, 0.29) is 11.8 Å². The third-order valence-corrected chi connectivity index (χ3v) is 17.8. The van der Waals surface area contributed by atoms with Gasteiger partial charge in [-0.15, -0.1) is 0 Å². The van der Waals surface area contributed by atoms with Crippen molar-refractivity contribution in [3.05, 3.63) is 325 Å². The van der Waals surface area contributed by atoms with Gasteiger partial charge in [0.1, 0.15) is 0 Å². The van der Waals surface area contributed by atoms with Gasteiger partial charge < -0.3 is 9.80 Å². The quantitative estimate of drug-likeness (QED) is 0.120. The second-order valence-electron chi connectivity index (χ2n) is 22.3. The Bertz CT molecular complexity index is 3970. The summed E-state index contributed by atoms with van der Waals surface area (Å²) in [5.41, 5.74) is 21.8. The molecule has 2 atom stereocenters. The first-order chi connectivity index (χ1) is 39.6. The van der Waals surface area contributed by atoms with E-state index in [1.807, 2.05) is 0 Å². The monoisotopic (exact) mass is 1030 g/mol. The maximum absolute atomic E-state index is 2.53. The van der Waals surface area contributed by atoms with Gasteiger partial charge in [0, 0.05) is 45.8 Å². The minimum absolute atomic E-state index is 0.200. The van der Waals surface area contributed by atoms with E-state index in [4.69, 9.17) is 0 Å². The summed E-state index contributed by atoms with van der Waals surface area (Å²) in [6.45, 7) is 2.32. The summed E-state index contributed by atoms with van der Waals surface area (Å²) < 4.78 is 0. The van der Waals surface area contributed by atoms with Gasteiger partial charge in [-0.1, -0.05) is 249 Å². The Hall–Kier alpha value is -9.24. The molecule has 2 unspecified atom stereocenters. The highest BCUT2D eigenvalue weighted by molar-refractivity contribution is 6.05. The van der Waals surface area contributed by atoms with Crippen molar-refractivity contribution in [2.24, 2.45) is 5.92 Å². The Morgan fingerprint density at radius 2 is 0.887 bits per heavy atom. The molecule has 386 valence electrons. The van der Waals surface area contributed by atoms with Crippen LogP contribution in [-0.2, 0) is 5.41 Å². The molecule has 11 aromatic rings. The minimum Gasteiger partial charge on any atom is -0.311 e. The largest absolute Gasteiger partial charge is 0.311 e. The molecule has 0 radical (unpaired) electrons. The molecule has 11 aromatic carbocycles. The van der Waals surface area contributed by atoms with Crippen LogP contribution in [0.4, 0.5) is 34.1 Å². The molecule has 0 heterocycles. The molecular formula is C78H64N2. The fourth-order valence-electron chi connectivity index (χ4n) is 14.0. The van der Waals surface area contributed by atoms with Crippen molar-refractivity contribution in [3.8, 4) is 33.4 Å². The molecule has 1 saturated carbocycles. The first-order valence-electron chi connectivity index (χ1n) is 28.8. The van der Waals surface area contributed by atoms with Crippen molar-refractivity contribution in [2.45, 2.75) is 56.3 Å². The molecule has 3 aliphatic rings. The van der Waals surface area contributed by atoms with Crippen molar-refractivity contribution in [1.29, 1.82) is 0 Å². The van der Waals surface area contributed by atoms with Gasteiger partial charge in [0.05, 0.1) is 11.1 Å². The van der Waals surface area contributed by atoms with E-state index in [0.29, 0.717) is 5.92 Å². The lowest BCUT2D eigenvalue weighted by Crippen LogP contribution is -2.35. The highest BCUT2D eigenvalue weighted by atomic mass is 15.1. The van der Waals surface area contributed by atoms with Crippen LogP contribution in [0.25, 0.3) is 44.2 Å². The average Bonchev–Trinajstić information content (AvgIpc) is 3.92. The molecule has 0 aromatic heterocycles. The summed E-state index contributed by atoms with van der Waals surface area (Å²) in [5, 5.41) is 2.44. The van der Waals surface area contributed by atoms with Gasteiger partial charge in [-0.25, -0.2) is 0 Å². The number of hydrogen-bond acceptors (Lipinski definition) is 2. The zero-order valence-corrected chi connectivity index (χ0v) is 45.4. The third kappa shape index (κ3) is 8.77. The van der Waals surface area contributed by atoms with Gasteiger partial charge >= 0.3 is 0 Å². The number of benzene rings is 11. The van der Waals surface area contributed by atoms with E-state index in [1.165, 1.54) is 115 Å². The van der Waals surface area contributed by atoms with Crippen molar-refractivity contribution >= 4 is 44.9 Å². The predicted molar refractivity (Wildman–Crippen MR) is 337 cm³/mol. The second kappa shape index (κ2) is 21.2. The van der Waals surface area contributed by atoms with Crippen LogP contribution in [0.15, 0.2) is 297 Å². The van der Waals surface area contributed by atoms with Gasteiger partial charge in [0.25, 0.3) is 0 Å². The lowest BCUT2D eigenvalue weighted by atomic mass is 9.62. The molecule has 0 amide bonds. The molecule has 80 heavy (non-hydrogen) atoms. The lowest BCUT2D eigenvalue weighted by Gasteiger charge is -2.40. The van der Waals surface area contributed by atoms with Crippen LogP contribution in [0.1, 0.15) is 78.7 Å². The van der Waals surface area contributed by atoms with Gasteiger partial charge in [-0.05, 0) is 159 Å². The van der Waals surface area contributed by atoms with Crippen LogP contribution in [0.2, 0.25) is 0 Å². The number of anilines is 6. The first-order valence-corrected chi connectivity index (χ1v) is 28.8. The topological polar surface area (TPSA) is 6.48 Å². The first kappa shape index (κ1) is 49.1. The Balaban J connectivity index is 0.838. The van der Waals surface area contributed by atoms with Gasteiger partial charge in [0.15, 0.2) is 0 Å². The van der Waals surface area contributed by atoms with Crippen LogP contribution in [0.5, 0.6) is 0 Å². The molecule has 3 aliphatic carbocycles. The smallest absolute Gasteiger partial charge is 0.0546 e. The molecule has 0 N–H and O–H groups in total. The highest BCUT2D eigenvalue weighted by Crippen LogP contribution is 2.62. The number of para-hydroxylation sites is 1. The maximum Gasteiger partial charge on any atom is 0.0546 e. The predicted octanol–water partition coefficient (Wildman–Crippen LogP) is 21.4. The zero-order valence-electron chi connectivity index (χ0n) is 45.4. The Morgan fingerprint density at radius 3 is 1.49 bits per heavy atom. The molecule has 14 rings (SSSR count). The lowest BCUT2D eigenvalue weighted by molar-refractivity contribution is 0.443. The number of rotatable bonds is 12. The van der Waals surface area contributed by atoms with Crippen molar-refractivity contribution in [2.75, 3.05) is 9.80 Å². The molecule has 0 aliphatic heterocycles. The van der Waals surface area contributed by atoms with Gasteiger partial charge in [-0.3, -0.25) is 0 Å². The Morgan fingerprint density at radius 1 is 0.400 bits per heavy atom. The summed E-state index contributed by atoms with van der Waals surface area (Å²) in [6, 6.07) is 102. The molecular weight excluding hydrogens is 965 g/mol. The highest BCUT2D eigenvalue weighted by Gasteiger charge is 2.54. The maximum atomic E-state index is 2.53. The summed E-state index contributed by atoms with van der Waals surface area (Å²) in [5.74, 6) is 1.13. The summed E-state index contributed by atoms with van der Waals surface area (Å²) >= 11 is 0. The molecule has 2 heteroatoms. The summed E-state index contributed by atoms with van der Waals surface area (Å²) in [6.07, 6.45) is 13.8. The van der Waals surface area contributed by atoms with Crippen molar-refractivity contribution in [1.82, 2.24) is 0 Å². The standard InChI is InChI=1S/C78H64N2/c1-55-20-19-33-73-76(55)72-52-51-70(54-74(72)78(73,64-26-11-4-12-27-64)65-28-13-5-14-29-65)80(75-53-44-62-23-17-18-32-71(62)77(75)63-24-9-3-10-25-63)69-49-42-61(43-50-69)58-36-34-57(35-37-58)60-40-47-68(48-41-60)79(66-30-15-6-16-31-66)67-45-38-59(39-46-67)56-21-7-2-8-22-56/h3-6,9-20,23-54,56,73,76H,2,7-8,21-22H2,1H3. The van der Waals surface area contributed by atoms with E-state index < -0.39 is 5.41 Å². The van der Waals surface area contributed by atoms with E-state index in [0.717, 1.165) is 28.4 Å². The molecule has 2 nitrogen and oxygen atoms in total. The number of fused-ring (bicyclic) bond motifs is 4. The van der Waals surface area contributed by atoms with Crippen LogP contribution in [0.3, 0.4) is 0 Å². The molecule has 1 fully saturated rings. The van der Waals surface area contributed by atoms with E-state index in [9.17, 15) is 0 Å². The summed E-state index contributed by atoms with van der Waals surface area (Å²) in [7, 11) is 0.